The molecule has 0 unspecified atom stereocenters. The zero-order valence-electron chi connectivity index (χ0n) is 18.9. The number of benzene rings is 1. The number of aliphatic hydroxyl groups is 1. The van der Waals surface area contributed by atoms with Gasteiger partial charge in [0.25, 0.3) is 5.56 Å². The van der Waals surface area contributed by atoms with Crippen LogP contribution in [0, 0.1) is 11.8 Å². The number of aromatic nitrogens is 1. The van der Waals surface area contributed by atoms with Gasteiger partial charge in [0, 0.05) is 42.8 Å². The highest BCUT2D eigenvalue weighted by molar-refractivity contribution is 7.88. The standard InChI is InChI=1S/C23H29N3O6S/c1-4-11-24-22(28)21-17(13-27)16-12-25-18(20(16)26(21)33(3,30)31)10-9-15(23(25)29)14-7-5-6-8-19(14)32-2/h5-10,16-17,20-21,27H,4,11-13H2,1-3H3,(H,24,28)/t16-,17-,20+,21-/m0/s1. The predicted octanol–water partition coefficient (Wildman–Crippen LogP) is 0.973. The fourth-order valence-electron chi connectivity index (χ4n) is 5.24. The van der Waals surface area contributed by atoms with Crippen LogP contribution in [0.4, 0.5) is 0 Å². The molecule has 2 aromatic rings. The van der Waals surface area contributed by atoms with Crippen molar-refractivity contribution in [3.05, 3.63) is 52.4 Å². The Morgan fingerprint density at radius 2 is 1.94 bits per heavy atom. The van der Waals surface area contributed by atoms with E-state index in [1.54, 1.807) is 28.8 Å². The van der Waals surface area contributed by atoms with E-state index in [0.29, 0.717) is 35.5 Å². The van der Waals surface area contributed by atoms with Crippen molar-refractivity contribution in [3.8, 4) is 16.9 Å². The van der Waals surface area contributed by atoms with Gasteiger partial charge in [-0.2, -0.15) is 4.31 Å². The maximum absolute atomic E-state index is 13.5. The fraction of sp³-hybridized carbons (Fsp3) is 0.478. The fourth-order valence-corrected chi connectivity index (χ4v) is 6.58. The number of fused-ring (bicyclic) bond motifs is 3. The second-order valence-electron chi connectivity index (χ2n) is 8.57. The van der Waals surface area contributed by atoms with Gasteiger partial charge in [-0.1, -0.05) is 25.1 Å². The van der Waals surface area contributed by atoms with Crippen LogP contribution in [0.2, 0.25) is 0 Å². The summed E-state index contributed by atoms with van der Waals surface area (Å²) in [7, 11) is -2.29. The lowest BCUT2D eigenvalue weighted by atomic mass is 9.88. The van der Waals surface area contributed by atoms with Gasteiger partial charge in [-0.3, -0.25) is 9.59 Å². The summed E-state index contributed by atoms with van der Waals surface area (Å²) in [6.45, 7) is 2.18. The zero-order valence-corrected chi connectivity index (χ0v) is 19.7. The van der Waals surface area contributed by atoms with Gasteiger partial charge in [0.05, 0.1) is 25.0 Å². The van der Waals surface area contributed by atoms with E-state index in [-0.39, 0.29) is 18.7 Å². The number of aliphatic hydroxyl groups excluding tert-OH is 1. The molecule has 0 bridgehead atoms. The van der Waals surface area contributed by atoms with Gasteiger partial charge in [-0.25, -0.2) is 8.42 Å². The molecule has 1 aromatic carbocycles. The van der Waals surface area contributed by atoms with Gasteiger partial charge >= 0.3 is 0 Å². The van der Waals surface area contributed by atoms with Crippen LogP contribution < -0.4 is 15.6 Å². The molecule has 33 heavy (non-hydrogen) atoms. The molecule has 0 spiro atoms. The maximum Gasteiger partial charge on any atom is 0.258 e. The Morgan fingerprint density at radius 3 is 2.58 bits per heavy atom. The number of hydrogen-bond donors (Lipinski definition) is 2. The minimum atomic E-state index is -3.82. The number of ether oxygens (including phenoxy) is 1. The molecule has 0 saturated carbocycles. The second-order valence-corrected chi connectivity index (χ2v) is 10.5. The number of carbonyl (C=O) groups is 1. The van der Waals surface area contributed by atoms with E-state index in [1.165, 1.54) is 11.4 Å². The topological polar surface area (TPSA) is 118 Å². The molecule has 4 rings (SSSR count). The number of para-hydroxylation sites is 1. The minimum Gasteiger partial charge on any atom is -0.496 e. The van der Waals surface area contributed by atoms with Crippen LogP contribution in [0.25, 0.3) is 11.1 Å². The number of pyridine rings is 1. The van der Waals surface area contributed by atoms with Crippen molar-refractivity contribution in [2.75, 3.05) is 26.5 Å². The van der Waals surface area contributed by atoms with Crippen LogP contribution in [0.15, 0.2) is 41.2 Å². The van der Waals surface area contributed by atoms with Crippen molar-refractivity contribution >= 4 is 15.9 Å². The van der Waals surface area contributed by atoms with Crippen LogP contribution in [0.1, 0.15) is 25.1 Å². The highest BCUT2D eigenvalue weighted by Gasteiger charge is 2.58. The molecule has 9 nitrogen and oxygen atoms in total. The van der Waals surface area contributed by atoms with Crippen molar-refractivity contribution in [2.24, 2.45) is 11.8 Å². The first-order valence-electron chi connectivity index (χ1n) is 11.0. The molecule has 3 heterocycles. The molecule has 178 valence electrons. The molecule has 1 saturated heterocycles. The zero-order chi connectivity index (χ0) is 23.9. The quantitative estimate of drug-likeness (QED) is 0.616. The van der Waals surface area contributed by atoms with Crippen molar-refractivity contribution in [3.63, 3.8) is 0 Å². The maximum atomic E-state index is 13.5. The smallest absolute Gasteiger partial charge is 0.258 e. The van der Waals surface area contributed by atoms with Crippen LogP contribution in [0.3, 0.4) is 0 Å². The van der Waals surface area contributed by atoms with E-state index in [0.717, 1.165) is 6.26 Å². The van der Waals surface area contributed by atoms with E-state index in [2.05, 4.69) is 5.32 Å². The average molecular weight is 476 g/mol. The van der Waals surface area contributed by atoms with Gasteiger partial charge in [0.1, 0.15) is 11.8 Å². The molecule has 4 atom stereocenters. The molecule has 2 aliphatic heterocycles. The number of hydrogen-bond acceptors (Lipinski definition) is 6. The van der Waals surface area contributed by atoms with Crippen LogP contribution in [-0.2, 0) is 21.4 Å². The lowest BCUT2D eigenvalue weighted by Crippen LogP contribution is -2.50. The summed E-state index contributed by atoms with van der Waals surface area (Å²) in [6, 6.07) is 8.89. The predicted molar refractivity (Wildman–Crippen MR) is 123 cm³/mol. The molecular weight excluding hydrogens is 446 g/mol. The number of methoxy groups -OCH3 is 1. The van der Waals surface area contributed by atoms with Crippen LogP contribution in [-0.4, -0.2) is 60.9 Å². The number of nitrogens with one attached hydrogen (secondary N) is 1. The molecule has 0 radical (unpaired) electrons. The second kappa shape index (κ2) is 8.92. The normalized spacial score (nSPS) is 24.4. The van der Waals surface area contributed by atoms with E-state index < -0.39 is 39.8 Å². The third kappa shape index (κ3) is 3.85. The van der Waals surface area contributed by atoms with Crippen molar-refractivity contribution < 1.29 is 23.1 Å². The van der Waals surface area contributed by atoms with Gasteiger partial charge in [-0.05, 0) is 24.6 Å². The highest BCUT2D eigenvalue weighted by atomic mass is 32.2. The SMILES string of the molecule is CCCNC(=O)[C@@H]1[C@@H](CO)[C@@H]2Cn3c(ccc(-c4ccccc4OC)c3=O)[C@@H]2N1S(C)(=O)=O. The van der Waals surface area contributed by atoms with Gasteiger partial charge in [0.2, 0.25) is 15.9 Å². The number of sulfonamides is 1. The lowest BCUT2D eigenvalue weighted by Gasteiger charge is -2.28. The third-order valence-electron chi connectivity index (χ3n) is 6.62. The monoisotopic (exact) mass is 475 g/mol. The van der Waals surface area contributed by atoms with E-state index >= 15 is 0 Å². The first kappa shape index (κ1) is 23.5. The molecule has 0 aliphatic carbocycles. The summed E-state index contributed by atoms with van der Waals surface area (Å²) in [4.78, 5) is 26.4. The summed E-state index contributed by atoms with van der Waals surface area (Å²) < 4.78 is 33.9. The van der Waals surface area contributed by atoms with Crippen LogP contribution >= 0.6 is 0 Å². The Labute approximate surface area is 193 Å². The summed E-state index contributed by atoms with van der Waals surface area (Å²) in [5.74, 6) is -0.888. The van der Waals surface area contributed by atoms with Gasteiger partial charge in [0.15, 0.2) is 0 Å². The average Bonchev–Trinajstić information content (AvgIpc) is 3.32. The summed E-state index contributed by atoms with van der Waals surface area (Å²) in [5, 5.41) is 13.0. The number of rotatable bonds is 7. The third-order valence-corrected chi connectivity index (χ3v) is 7.84. The highest BCUT2D eigenvalue weighted by Crippen LogP contribution is 2.50. The van der Waals surface area contributed by atoms with Crippen molar-refractivity contribution in [1.82, 2.24) is 14.2 Å². The van der Waals surface area contributed by atoms with E-state index in [9.17, 15) is 23.1 Å². The van der Waals surface area contributed by atoms with Gasteiger partial charge < -0.3 is 19.7 Å². The number of carbonyl (C=O) groups excluding carboxylic acids is 1. The number of nitrogens with zero attached hydrogens (tertiary/aromatic N) is 2. The van der Waals surface area contributed by atoms with Crippen LogP contribution in [0.5, 0.6) is 5.75 Å². The molecule has 1 amide bonds. The van der Waals surface area contributed by atoms with Crippen molar-refractivity contribution in [1.29, 1.82) is 0 Å². The first-order valence-corrected chi connectivity index (χ1v) is 12.8. The number of amides is 1. The molecule has 2 aliphatic rings. The molecular formula is C23H29N3O6S. The Bertz CT molecular complexity index is 1220. The minimum absolute atomic E-state index is 0.219. The molecule has 1 aromatic heterocycles. The largest absolute Gasteiger partial charge is 0.496 e. The lowest BCUT2D eigenvalue weighted by molar-refractivity contribution is -0.126. The van der Waals surface area contributed by atoms with Crippen molar-refractivity contribution in [2.45, 2.75) is 32.0 Å². The Kier molecular flexibility index (Phi) is 6.35. The molecule has 1 fully saturated rings. The van der Waals surface area contributed by atoms with Gasteiger partial charge in [-0.15, -0.1) is 0 Å². The molecule has 2 N–H and O–H groups in total. The Hall–Kier alpha value is -2.69. The first-order chi connectivity index (χ1) is 15.7. The van der Waals surface area contributed by atoms with E-state index in [4.69, 9.17) is 4.74 Å². The summed E-state index contributed by atoms with van der Waals surface area (Å²) >= 11 is 0. The Morgan fingerprint density at radius 1 is 1.21 bits per heavy atom. The Balaban J connectivity index is 1.83. The molecule has 10 heteroatoms. The summed E-state index contributed by atoms with van der Waals surface area (Å²) in [5.41, 5.74) is 1.36. The van der Waals surface area contributed by atoms with E-state index in [1.807, 2.05) is 19.1 Å². The summed E-state index contributed by atoms with van der Waals surface area (Å²) in [6.07, 6.45) is 1.77.